The normalized spacial score (nSPS) is 17.0. The zero-order valence-corrected chi connectivity index (χ0v) is 10.4. The number of allylic oxidation sites excluding steroid dienone is 4. The molecule has 0 saturated heterocycles. The number of thiol groups is 1. The van der Waals surface area contributed by atoms with Gasteiger partial charge in [-0.15, -0.1) is 0 Å². The van der Waals surface area contributed by atoms with E-state index in [1.54, 1.807) is 5.41 Å². The van der Waals surface area contributed by atoms with Crippen LogP contribution in [0.4, 0.5) is 0 Å². The van der Waals surface area contributed by atoms with Crippen LogP contribution in [0.1, 0.15) is 33.6 Å². The van der Waals surface area contributed by atoms with Gasteiger partial charge in [-0.1, -0.05) is 52.0 Å². The third-order valence-corrected chi connectivity index (χ3v) is 2.94. The maximum absolute atomic E-state index is 4.09. The summed E-state index contributed by atoms with van der Waals surface area (Å²) >= 11 is 4.09. The molecule has 0 saturated carbocycles. The van der Waals surface area contributed by atoms with E-state index in [4.69, 9.17) is 0 Å². The van der Waals surface area contributed by atoms with Gasteiger partial charge in [-0.25, -0.2) is 0 Å². The summed E-state index contributed by atoms with van der Waals surface area (Å²) in [5.41, 5.74) is 1.31. The summed E-state index contributed by atoms with van der Waals surface area (Å²) in [4.78, 5) is 0. The van der Waals surface area contributed by atoms with Gasteiger partial charge < -0.3 is 0 Å². The molecule has 80 valence electrons. The van der Waals surface area contributed by atoms with E-state index in [1.807, 2.05) is 12.2 Å². The van der Waals surface area contributed by atoms with Crippen LogP contribution in [0.25, 0.3) is 0 Å². The van der Waals surface area contributed by atoms with E-state index in [2.05, 4.69) is 46.1 Å². The highest BCUT2D eigenvalue weighted by Crippen LogP contribution is 2.22. The first-order valence-electron chi connectivity index (χ1n) is 5.28. The largest absolute Gasteiger partial charge is 0.151 e. The van der Waals surface area contributed by atoms with Gasteiger partial charge in [0.15, 0.2) is 0 Å². The van der Waals surface area contributed by atoms with Crippen LogP contribution in [0, 0.1) is 11.8 Å². The second kappa shape index (κ2) is 7.93. The summed E-state index contributed by atoms with van der Waals surface area (Å²) in [7, 11) is 0. The molecule has 0 rings (SSSR count). The molecule has 0 radical (unpaired) electrons. The first-order chi connectivity index (χ1) is 6.65. The zero-order chi connectivity index (χ0) is 11.0. The molecule has 0 aromatic rings. The van der Waals surface area contributed by atoms with E-state index in [0.717, 1.165) is 18.3 Å². The fourth-order valence-corrected chi connectivity index (χ4v) is 1.61. The van der Waals surface area contributed by atoms with Gasteiger partial charge in [0.1, 0.15) is 0 Å². The highest BCUT2D eigenvalue weighted by Gasteiger charge is 2.10. The van der Waals surface area contributed by atoms with Crippen molar-refractivity contribution in [3.8, 4) is 0 Å². The van der Waals surface area contributed by atoms with Crippen molar-refractivity contribution in [2.45, 2.75) is 33.6 Å². The van der Waals surface area contributed by atoms with E-state index in [-0.39, 0.29) is 0 Å². The van der Waals surface area contributed by atoms with Gasteiger partial charge in [0.05, 0.1) is 0 Å². The Balaban J connectivity index is 4.30. The minimum atomic E-state index is 0.718. The molecule has 0 heterocycles. The average molecular weight is 210 g/mol. The van der Waals surface area contributed by atoms with Crippen LogP contribution < -0.4 is 0 Å². The van der Waals surface area contributed by atoms with Gasteiger partial charge in [0, 0.05) is 0 Å². The predicted octanol–water partition coefficient (Wildman–Crippen LogP) is 4.61. The maximum Gasteiger partial charge on any atom is -0.0250 e. The van der Waals surface area contributed by atoms with Crippen molar-refractivity contribution < 1.29 is 0 Å². The van der Waals surface area contributed by atoms with Crippen LogP contribution in [0.15, 0.2) is 35.8 Å². The summed E-state index contributed by atoms with van der Waals surface area (Å²) in [6.45, 7) is 10.6. The second-order valence-corrected chi connectivity index (χ2v) is 4.16. The number of hydrogen-bond donors (Lipinski definition) is 1. The average Bonchev–Trinajstić information content (AvgIpc) is 2.17. The van der Waals surface area contributed by atoms with Crippen molar-refractivity contribution in [3.63, 3.8) is 0 Å². The smallest absolute Gasteiger partial charge is 0.0250 e. The summed E-state index contributed by atoms with van der Waals surface area (Å²) in [6, 6.07) is 0. The number of hydrogen-bond acceptors (Lipinski definition) is 1. The van der Waals surface area contributed by atoms with Crippen molar-refractivity contribution >= 4 is 12.6 Å². The first-order valence-corrected chi connectivity index (χ1v) is 5.79. The van der Waals surface area contributed by atoms with Gasteiger partial charge in [-0.05, 0) is 29.2 Å². The zero-order valence-electron chi connectivity index (χ0n) is 9.53. The summed E-state index contributed by atoms with van der Waals surface area (Å²) in [5, 5.41) is 1.79. The molecule has 0 nitrogen and oxygen atoms in total. The first kappa shape index (κ1) is 13.6. The minimum absolute atomic E-state index is 0.718. The Hall–Kier alpha value is -0.430. The molecule has 0 aliphatic rings. The molecular formula is C13H22S. The minimum Gasteiger partial charge on any atom is -0.151 e. The van der Waals surface area contributed by atoms with Crippen LogP contribution in [0.3, 0.4) is 0 Å². The molecule has 2 unspecified atom stereocenters. The van der Waals surface area contributed by atoms with E-state index in [1.165, 1.54) is 12.0 Å². The molecule has 0 bridgehead atoms. The molecule has 0 spiro atoms. The molecule has 14 heavy (non-hydrogen) atoms. The topological polar surface area (TPSA) is 0 Å². The van der Waals surface area contributed by atoms with Crippen molar-refractivity contribution in [2.24, 2.45) is 11.8 Å². The quantitative estimate of drug-likeness (QED) is 0.480. The van der Waals surface area contributed by atoms with Crippen molar-refractivity contribution in [3.05, 3.63) is 35.8 Å². The lowest BCUT2D eigenvalue weighted by Gasteiger charge is -2.18. The van der Waals surface area contributed by atoms with E-state index >= 15 is 0 Å². The van der Waals surface area contributed by atoms with Gasteiger partial charge in [-0.3, -0.25) is 0 Å². The van der Waals surface area contributed by atoms with Crippen LogP contribution >= 0.6 is 12.6 Å². The highest BCUT2D eigenvalue weighted by atomic mass is 32.1. The second-order valence-electron chi connectivity index (χ2n) is 3.86. The third kappa shape index (κ3) is 5.33. The molecular weight excluding hydrogens is 188 g/mol. The molecule has 0 fully saturated rings. The lowest BCUT2D eigenvalue weighted by atomic mass is 9.88. The standard InChI is InChI=1S/C13H22S/c1-5-7-13(8-9-14)10-12(4)11(3)6-2/h5,7-9,11-12,14H,1,6,10H2,2-4H3/b9-8-,13-7+. The van der Waals surface area contributed by atoms with E-state index in [9.17, 15) is 0 Å². The SMILES string of the molecule is C=C/C=C(\C=C/S)CC(C)C(C)CC. The van der Waals surface area contributed by atoms with Crippen molar-refractivity contribution in [1.82, 2.24) is 0 Å². The molecule has 2 atom stereocenters. The monoisotopic (exact) mass is 210 g/mol. The van der Waals surface area contributed by atoms with Gasteiger partial charge in [-0.2, -0.15) is 12.6 Å². The lowest BCUT2D eigenvalue weighted by Crippen LogP contribution is -2.07. The van der Waals surface area contributed by atoms with Crippen molar-refractivity contribution in [1.29, 1.82) is 0 Å². The third-order valence-electron chi connectivity index (χ3n) is 2.79. The molecule has 1 heteroatoms. The molecule has 0 aromatic carbocycles. The maximum atomic E-state index is 4.09. The summed E-state index contributed by atoms with van der Waals surface area (Å²) < 4.78 is 0. The lowest BCUT2D eigenvalue weighted by molar-refractivity contribution is 0.376. The fraction of sp³-hybridized carbons (Fsp3) is 0.538. The molecule has 0 aromatic heterocycles. The predicted molar refractivity (Wildman–Crippen MR) is 69.6 cm³/mol. The molecule has 0 N–H and O–H groups in total. The molecule has 0 aliphatic carbocycles. The fourth-order valence-electron chi connectivity index (χ4n) is 1.41. The van der Waals surface area contributed by atoms with Crippen molar-refractivity contribution in [2.75, 3.05) is 0 Å². The molecule has 0 aliphatic heterocycles. The van der Waals surface area contributed by atoms with Crippen LogP contribution in [0.2, 0.25) is 0 Å². The van der Waals surface area contributed by atoms with Gasteiger partial charge >= 0.3 is 0 Å². The Labute approximate surface area is 94.2 Å². The van der Waals surface area contributed by atoms with Crippen LogP contribution in [-0.4, -0.2) is 0 Å². The summed E-state index contributed by atoms with van der Waals surface area (Å²) in [6.07, 6.45) is 8.30. The highest BCUT2D eigenvalue weighted by molar-refractivity contribution is 7.83. The van der Waals surface area contributed by atoms with Gasteiger partial charge in [0.2, 0.25) is 0 Å². The molecule has 0 amide bonds. The van der Waals surface area contributed by atoms with Crippen LogP contribution in [-0.2, 0) is 0 Å². The Morgan fingerprint density at radius 2 is 2.00 bits per heavy atom. The Morgan fingerprint density at radius 1 is 1.36 bits per heavy atom. The van der Waals surface area contributed by atoms with E-state index in [0.29, 0.717) is 0 Å². The van der Waals surface area contributed by atoms with Gasteiger partial charge in [0.25, 0.3) is 0 Å². The van der Waals surface area contributed by atoms with Crippen LogP contribution in [0.5, 0.6) is 0 Å². The number of rotatable bonds is 6. The Morgan fingerprint density at radius 3 is 2.43 bits per heavy atom. The van der Waals surface area contributed by atoms with E-state index < -0.39 is 0 Å². The Bertz CT molecular complexity index is 213. The Kier molecular flexibility index (Phi) is 7.68. The summed E-state index contributed by atoms with van der Waals surface area (Å²) in [5.74, 6) is 1.49.